The normalized spacial score (nSPS) is 13.3. The van der Waals surface area contributed by atoms with Gasteiger partial charge in [0.25, 0.3) is 0 Å². The third kappa shape index (κ3) is 12.1. The van der Waals surface area contributed by atoms with Crippen molar-refractivity contribution >= 4 is 24.0 Å². The Bertz CT molecular complexity index is 920. The monoisotopic (exact) mass is 547 g/mol. The molecule has 3 atom stereocenters. The van der Waals surface area contributed by atoms with Gasteiger partial charge < -0.3 is 30.2 Å². The summed E-state index contributed by atoms with van der Waals surface area (Å²) in [6, 6.07) is 4.55. The second kappa shape index (κ2) is 18.2. The molecule has 1 rings (SSSR count). The zero-order valence-electron chi connectivity index (χ0n) is 24.7. The van der Waals surface area contributed by atoms with Crippen LogP contribution >= 0.6 is 0 Å². The van der Waals surface area contributed by atoms with Crippen LogP contribution in [0.1, 0.15) is 84.1 Å². The molecule has 39 heavy (non-hydrogen) atoms. The summed E-state index contributed by atoms with van der Waals surface area (Å²) in [6.45, 7) is 6.44. The minimum atomic E-state index is -0.835. The van der Waals surface area contributed by atoms with E-state index in [9.17, 15) is 19.2 Å². The Kier molecular flexibility index (Phi) is 15.9. The van der Waals surface area contributed by atoms with E-state index in [-0.39, 0.29) is 30.6 Å². The molecule has 220 valence electrons. The van der Waals surface area contributed by atoms with Gasteiger partial charge in [-0.3, -0.25) is 14.4 Å². The number of aldehydes is 1. The molecule has 0 bridgehead atoms. The van der Waals surface area contributed by atoms with Crippen molar-refractivity contribution in [3.63, 3.8) is 0 Å². The van der Waals surface area contributed by atoms with Gasteiger partial charge in [-0.2, -0.15) is 0 Å². The molecule has 0 spiro atoms. The maximum atomic E-state index is 13.3. The van der Waals surface area contributed by atoms with Gasteiger partial charge in [0, 0.05) is 43.5 Å². The van der Waals surface area contributed by atoms with Crippen LogP contribution < -0.4 is 20.5 Å². The van der Waals surface area contributed by atoms with E-state index in [1.165, 1.54) is 0 Å². The molecule has 0 heterocycles. The highest BCUT2D eigenvalue weighted by Crippen LogP contribution is 2.27. The van der Waals surface area contributed by atoms with Gasteiger partial charge in [0.2, 0.25) is 17.7 Å². The molecular weight excluding hydrogens is 498 g/mol. The third-order valence-electron chi connectivity index (χ3n) is 7.02. The Hall–Kier alpha value is -3.10. The molecule has 3 amide bonds. The summed E-state index contributed by atoms with van der Waals surface area (Å²) in [5.74, 6) is -0.790. The number of ether oxygens (including phenoxy) is 2. The Morgan fingerprint density at radius 2 is 1.72 bits per heavy atom. The van der Waals surface area contributed by atoms with E-state index in [2.05, 4.69) is 12.2 Å². The summed E-state index contributed by atoms with van der Waals surface area (Å²) in [6.07, 6.45) is 7.08. The molecule has 0 aliphatic rings. The maximum Gasteiger partial charge on any atom is 0.224 e. The molecule has 0 radical (unpaired) electrons. The van der Waals surface area contributed by atoms with Crippen molar-refractivity contribution in [3.8, 4) is 11.5 Å². The van der Waals surface area contributed by atoms with Crippen molar-refractivity contribution in [3.05, 3.63) is 23.8 Å². The molecular formula is C30H49N3O6. The fourth-order valence-electron chi connectivity index (χ4n) is 4.73. The number of benzene rings is 1. The lowest BCUT2D eigenvalue weighted by Crippen LogP contribution is -2.45. The second-order valence-electron chi connectivity index (χ2n) is 10.7. The molecule has 1 unspecified atom stereocenters. The molecule has 1 aromatic carbocycles. The third-order valence-corrected chi connectivity index (χ3v) is 7.02. The zero-order valence-corrected chi connectivity index (χ0v) is 24.7. The number of rotatable bonds is 20. The van der Waals surface area contributed by atoms with Crippen molar-refractivity contribution in [2.24, 2.45) is 23.5 Å². The Morgan fingerprint density at radius 1 is 1.03 bits per heavy atom. The van der Waals surface area contributed by atoms with Crippen molar-refractivity contribution in [2.45, 2.75) is 91.1 Å². The summed E-state index contributed by atoms with van der Waals surface area (Å²) >= 11 is 0. The Labute approximate surface area is 234 Å². The summed E-state index contributed by atoms with van der Waals surface area (Å²) in [4.78, 5) is 51.8. The smallest absolute Gasteiger partial charge is 0.224 e. The van der Waals surface area contributed by atoms with Crippen LogP contribution in [-0.2, 0) is 25.7 Å². The van der Waals surface area contributed by atoms with E-state index in [1.54, 1.807) is 38.3 Å². The van der Waals surface area contributed by atoms with Gasteiger partial charge in [0.1, 0.15) is 17.8 Å². The molecule has 3 N–H and O–H groups in total. The van der Waals surface area contributed by atoms with Gasteiger partial charge in [0.15, 0.2) is 0 Å². The highest BCUT2D eigenvalue weighted by molar-refractivity contribution is 5.88. The van der Waals surface area contributed by atoms with Crippen LogP contribution in [-0.4, -0.2) is 56.2 Å². The van der Waals surface area contributed by atoms with Crippen LogP contribution in [0.4, 0.5) is 0 Å². The minimum absolute atomic E-state index is 0.0736. The van der Waals surface area contributed by atoms with Gasteiger partial charge in [-0.1, -0.05) is 52.9 Å². The second-order valence-corrected chi connectivity index (χ2v) is 10.7. The molecule has 0 aliphatic heterocycles. The van der Waals surface area contributed by atoms with E-state index < -0.39 is 23.8 Å². The maximum absolute atomic E-state index is 13.3. The summed E-state index contributed by atoms with van der Waals surface area (Å²) in [5, 5.41) is 2.77. The lowest BCUT2D eigenvalue weighted by molar-refractivity contribution is -0.135. The largest absolute Gasteiger partial charge is 0.497 e. The lowest BCUT2D eigenvalue weighted by Gasteiger charge is -2.27. The van der Waals surface area contributed by atoms with Crippen LogP contribution in [0.3, 0.4) is 0 Å². The molecule has 0 saturated carbocycles. The Balaban J connectivity index is 2.79. The van der Waals surface area contributed by atoms with E-state index in [1.807, 2.05) is 19.9 Å². The number of hydrogen-bond donors (Lipinski definition) is 2. The molecule has 0 saturated heterocycles. The first kappa shape index (κ1) is 33.9. The van der Waals surface area contributed by atoms with Crippen molar-refractivity contribution < 1.29 is 28.7 Å². The van der Waals surface area contributed by atoms with Crippen LogP contribution in [0.25, 0.3) is 0 Å². The summed E-state index contributed by atoms with van der Waals surface area (Å²) < 4.78 is 10.6. The predicted octanol–water partition coefficient (Wildman–Crippen LogP) is 4.25. The molecule has 1 aromatic rings. The molecule has 9 heteroatoms. The van der Waals surface area contributed by atoms with Crippen molar-refractivity contribution in [1.82, 2.24) is 10.2 Å². The van der Waals surface area contributed by atoms with Crippen molar-refractivity contribution in [1.29, 1.82) is 0 Å². The van der Waals surface area contributed by atoms with Crippen molar-refractivity contribution in [2.75, 3.05) is 21.3 Å². The van der Waals surface area contributed by atoms with E-state index >= 15 is 0 Å². The number of amides is 3. The van der Waals surface area contributed by atoms with E-state index in [0.29, 0.717) is 37.2 Å². The Morgan fingerprint density at radius 3 is 2.28 bits per heavy atom. The SMILES string of the molecule is CCCCCCCC(C(N)=O)[C@H](CC(C)C)C(=O)N[C@H](C=O)CCC(=O)N(C)Cc1ccc(OC)cc1OC. The van der Waals surface area contributed by atoms with Gasteiger partial charge in [-0.15, -0.1) is 0 Å². The average Bonchev–Trinajstić information content (AvgIpc) is 2.91. The molecule has 9 nitrogen and oxygen atoms in total. The first-order chi connectivity index (χ1) is 18.6. The number of unbranched alkanes of at least 4 members (excludes halogenated alkanes) is 4. The summed E-state index contributed by atoms with van der Waals surface area (Å²) in [5.41, 5.74) is 6.55. The summed E-state index contributed by atoms with van der Waals surface area (Å²) in [7, 11) is 4.80. The van der Waals surface area contributed by atoms with Gasteiger partial charge in [0.05, 0.1) is 20.3 Å². The highest BCUT2D eigenvalue weighted by atomic mass is 16.5. The number of primary amides is 1. The van der Waals surface area contributed by atoms with E-state index in [4.69, 9.17) is 15.2 Å². The standard InChI is InChI=1S/C30H49N3O6/c1-7-8-9-10-11-12-25(29(31)36)26(17-21(2)3)30(37)32-23(20-34)14-16-28(35)33(4)19-22-13-15-24(38-5)18-27(22)39-6/h13,15,18,20-21,23,25-26H,7-12,14,16-17,19H2,1-6H3,(H2,31,36)(H,32,37)/t23-,25?,26-/m0/s1. The number of nitrogens with zero attached hydrogens (tertiary/aromatic N) is 1. The first-order valence-electron chi connectivity index (χ1n) is 14.1. The molecule has 0 fully saturated rings. The number of carbonyl (C=O) groups is 4. The van der Waals surface area contributed by atoms with Crippen LogP contribution in [0, 0.1) is 17.8 Å². The van der Waals surface area contributed by atoms with Crippen LogP contribution in [0.2, 0.25) is 0 Å². The van der Waals surface area contributed by atoms with Crippen LogP contribution in [0.15, 0.2) is 18.2 Å². The number of nitrogens with one attached hydrogen (secondary N) is 1. The van der Waals surface area contributed by atoms with Crippen LogP contribution in [0.5, 0.6) is 11.5 Å². The minimum Gasteiger partial charge on any atom is -0.497 e. The first-order valence-corrected chi connectivity index (χ1v) is 14.1. The topological polar surface area (TPSA) is 128 Å². The van der Waals surface area contributed by atoms with Gasteiger partial charge in [-0.25, -0.2) is 0 Å². The molecule has 0 aromatic heterocycles. The average molecular weight is 548 g/mol. The highest BCUT2D eigenvalue weighted by Gasteiger charge is 2.33. The lowest BCUT2D eigenvalue weighted by atomic mass is 9.81. The number of methoxy groups -OCH3 is 2. The fraction of sp³-hybridized carbons (Fsp3) is 0.667. The van der Waals surface area contributed by atoms with Gasteiger partial charge in [-0.05, 0) is 37.3 Å². The van der Waals surface area contributed by atoms with E-state index in [0.717, 1.165) is 37.7 Å². The molecule has 0 aliphatic carbocycles. The fourth-order valence-corrected chi connectivity index (χ4v) is 4.73. The van der Waals surface area contributed by atoms with Gasteiger partial charge >= 0.3 is 0 Å². The quantitative estimate of drug-likeness (QED) is 0.186. The number of hydrogen-bond acceptors (Lipinski definition) is 6. The predicted molar refractivity (Wildman–Crippen MR) is 152 cm³/mol. The number of nitrogens with two attached hydrogens (primary N) is 1. The zero-order chi connectivity index (χ0) is 29.4. The number of carbonyl (C=O) groups excluding carboxylic acids is 4.